The molecule has 0 aliphatic heterocycles. The van der Waals surface area contributed by atoms with E-state index in [1.165, 1.54) is 24.5 Å². The molecule has 3 rings (SSSR count). The van der Waals surface area contributed by atoms with E-state index < -0.39 is 10.4 Å². The molecule has 0 saturated heterocycles. The lowest BCUT2D eigenvalue weighted by molar-refractivity contribution is 0.387. The molecule has 0 amide bonds. The highest BCUT2D eigenvalue weighted by Crippen LogP contribution is 2.28. The van der Waals surface area contributed by atoms with Crippen LogP contribution in [0.15, 0.2) is 57.9 Å². The molecule has 118 valence electrons. The van der Waals surface area contributed by atoms with Crippen LogP contribution in [0, 0.1) is 0 Å². The van der Waals surface area contributed by atoms with Crippen LogP contribution >= 0.6 is 0 Å². The summed E-state index contributed by atoms with van der Waals surface area (Å²) in [6, 6.07) is 10.8. The van der Waals surface area contributed by atoms with E-state index >= 15 is 0 Å². The summed E-state index contributed by atoms with van der Waals surface area (Å²) in [4.78, 5) is 12.5. The third-order valence-corrected chi connectivity index (χ3v) is 3.59. The second kappa shape index (κ2) is 5.41. The molecule has 0 spiro atoms. The summed E-state index contributed by atoms with van der Waals surface area (Å²) in [5.41, 5.74) is 6.57. The van der Waals surface area contributed by atoms with Crippen molar-refractivity contribution in [3.8, 4) is 16.9 Å². The van der Waals surface area contributed by atoms with E-state index in [4.69, 9.17) is 14.7 Å². The molecule has 8 heteroatoms. The highest BCUT2D eigenvalue weighted by molar-refractivity contribution is 7.81. The van der Waals surface area contributed by atoms with Crippen LogP contribution in [-0.4, -0.2) is 13.0 Å². The van der Waals surface area contributed by atoms with Crippen molar-refractivity contribution in [2.45, 2.75) is 0 Å². The molecular formula is C15H11NO6S. The Morgan fingerprint density at radius 3 is 2.57 bits per heavy atom. The predicted molar refractivity (Wildman–Crippen MR) is 84.5 cm³/mol. The number of hydrogen-bond acceptors (Lipinski definition) is 6. The SMILES string of the molecule is Nc1cc(-c2coc3ccccc3c2=O)ccc1OS(=O)(=O)O. The smallest absolute Gasteiger partial charge is 0.446 e. The van der Waals surface area contributed by atoms with Gasteiger partial charge in [-0.3, -0.25) is 9.35 Å². The minimum Gasteiger partial charge on any atom is -0.463 e. The Hall–Kier alpha value is -2.84. The summed E-state index contributed by atoms with van der Waals surface area (Å²) in [6.07, 6.45) is 1.31. The van der Waals surface area contributed by atoms with E-state index in [2.05, 4.69) is 4.18 Å². The topological polar surface area (TPSA) is 120 Å². The summed E-state index contributed by atoms with van der Waals surface area (Å²) in [7, 11) is -4.67. The summed E-state index contributed by atoms with van der Waals surface area (Å²) < 4.78 is 39.9. The van der Waals surface area contributed by atoms with Gasteiger partial charge in [0, 0.05) is 0 Å². The summed E-state index contributed by atoms with van der Waals surface area (Å²) in [5, 5.41) is 0.418. The van der Waals surface area contributed by atoms with Gasteiger partial charge in [0.05, 0.1) is 16.6 Å². The first-order chi connectivity index (χ1) is 10.8. The maximum absolute atomic E-state index is 12.5. The molecule has 0 atom stereocenters. The van der Waals surface area contributed by atoms with Gasteiger partial charge in [0.15, 0.2) is 11.2 Å². The molecule has 0 fully saturated rings. The Balaban J connectivity index is 2.11. The van der Waals surface area contributed by atoms with Gasteiger partial charge in [-0.25, -0.2) is 0 Å². The van der Waals surface area contributed by atoms with Gasteiger partial charge in [-0.05, 0) is 29.8 Å². The van der Waals surface area contributed by atoms with Crippen LogP contribution in [0.25, 0.3) is 22.1 Å². The molecule has 0 aliphatic carbocycles. The van der Waals surface area contributed by atoms with Gasteiger partial charge in [0.2, 0.25) is 0 Å². The lowest BCUT2D eigenvalue weighted by Crippen LogP contribution is -2.09. The molecule has 1 aromatic heterocycles. The van der Waals surface area contributed by atoms with Crippen LogP contribution < -0.4 is 15.3 Å². The molecular weight excluding hydrogens is 322 g/mol. The first-order valence-electron chi connectivity index (χ1n) is 6.42. The van der Waals surface area contributed by atoms with Gasteiger partial charge in [-0.2, -0.15) is 8.42 Å². The van der Waals surface area contributed by atoms with E-state index in [1.807, 2.05) is 0 Å². The van der Waals surface area contributed by atoms with Crippen molar-refractivity contribution in [2.24, 2.45) is 0 Å². The van der Waals surface area contributed by atoms with E-state index in [0.29, 0.717) is 16.5 Å². The van der Waals surface area contributed by atoms with Gasteiger partial charge in [-0.15, -0.1) is 0 Å². The molecule has 1 heterocycles. The Morgan fingerprint density at radius 1 is 1.13 bits per heavy atom. The van der Waals surface area contributed by atoms with E-state index in [-0.39, 0.29) is 22.4 Å². The molecule has 0 bridgehead atoms. The average molecular weight is 333 g/mol. The predicted octanol–water partition coefficient (Wildman–Crippen LogP) is 2.22. The number of hydrogen-bond donors (Lipinski definition) is 2. The second-order valence-electron chi connectivity index (χ2n) is 4.74. The number of nitrogens with two attached hydrogens (primary N) is 1. The van der Waals surface area contributed by atoms with Gasteiger partial charge >= 0.3 is 10.4 Å². The summed E-state index contributed by atoms with van der Waals surface area (Å²) in [6.45, 7) is 0. The van der Waals surface area contributed by atoms with Gasteiger partial charge in [-0.1, -0.05) is 18.2 Å². The number of fused-ring (bicyclic) bond motifs is 1. The van der Waals surface area contributed by atoms with E-state index in [0.717, 1.165) is 0 Å². The Kier molecular flexibility index (Phi) is 3.55. The van der Waals surface area contributed by atoms with Crippen molar-refractivity contribution in [1.29, 1.82) is 0 Å². The van der Waals surface area contributed by atoms with Crippen molar-refractivity contribution >= 4 is 27.1 Å². The Morgan fingerprint density at radius 2 is 1.87 bits per heavy atom. The van der Waals surface area contributed by atoms with Crippen LogP contribution in [0.4, 0.5) is 5.69 Å². The van der Waals surface area contributed by atoms with E-state index in [9.17, 15) is 13.2 Å². The number of anilines is 1. The molecule has 3 aromatic rings. The van der Waals surface area contributed by atoms with Crippen molar-refractivity contribution in [1.82, 2.24) is 0 Å². The van der Waals surface area contributed by atoms with Crippen molar-refractivity contribution in [2.75, 3.05) is 5.73 Å². The van der Waals surface area contributed by atoms with Crippen LogP contribution in [0.1, 0.15) is 0 Å². The number of para-hydroxylation sites is 1. The monoisotopic (exact) mass is 333 g/mol. The Labute approximate surface area is 130 Å². The fourth-order valence-corrected chi connectivity index (χ4v) is 2.56. The molecule has 2 aromatic carbocycles. The third kappa shape index (κ3) is 3.03. The molecule has 0 aliphatic rings. The number of benzene rings is 2. The summed E-state index contributed by atoms with van der Waals surface area (Å²) in [5.74, 6) is -0.235. The minimum atomic E-state index is -4.67. The fraction of sp³-hybridized carbons (Fsp3) is 0. The van der Waals surface area contributed by atoms with Gasteiger partial charge in [0.25, 0.3) is 0 Å². The maximum Gasteiger partial charge on any atom is 0.446 e. The molecule has 0 saturated carbocycles. The van der Waals surface area contributed by atoms with Crippen LogP contribution in [0.5, 0.6) is 5.75 Å². The average Bonchev–Trinajstić information content (AvgIpc) is 2.49. The zero-order valence-electron chi connectivity index (χ0n) is 11.6. The largest absolute Gasteiger partial charge is 0.463 e. The van der Waals surface area contributed by atoms with Crippen molar-refractivity contribution < 1.29 is 21.6 Å². The molecule has 0 unspecified atom stereocenters. The molecule has 3 N–H and O–H groups in total. The normalized spacial score (nSPS) is 11.5. The summed E-state index contributed by atoms with van der Waals surface area (Å²) >= 11 is 0. The molecule has 7 nitrogen and oxygen atoms in total. The molecule has 23 heavy (non-hydrogen) atoms. The Bertz CT molecular complexity index is 1050. The molecule has 0 radical (unpaired) electrons. The fourth-order valence-electron chi connectivity index (χ4n) is 2.18. The maximum atomic E-state index is 12.5. The highest BCUT2D eigenvalue weighted by atomic mass is 32.3. The lowest BCUT2D eigenvalue weighted by atomic mass is 10.0. The van der Waals surface area contributed by atoms with Gasteiger partial charge in [0.1, 0.15) is 11.8 Å². The zero-order chi connectivity index (χ0) is 16.6. The van der Waals surface area contributed by atoms with Gasteiger partial charge < -0.3 is 14.3 Å². The van der Waals surface area contributed by atoms with Crippen LogP contribution in [0.3, 0.4) is 0 Å². The first kappa shape index (κ1) is 15.1. The third-order valence-electron chi connectivity index (χ3n) is 3.20. The second-order valence-corrected chi connectivity index (χ2v) is 5.76. The minimum absolute atomic E-state index is 0.0484. The lowest BCUT2D eigenvalue weighted by Gasteiger charge is -2.08. The van der Waals surface area contributed by atoms with E-state index in [1.54, 1.807) is 24.3 Å². The van der Waals surface area contributed by atoms with Crippen molar-refractivity contribution in [3.05, 3.63) is 59.0 Å². The van der Waals surface area contributed by atoms with Crippen molar-refractivity contribution in [3.63, 3.8) is 0 Å². The number of rotatable bonds is 3. The standard InChI is InChI=1S/C15H11NO6S/c16-12-7-9(5-6-14(12)22-23(18,19)20)11-8-21-13-4-2-1-3-10(13)15(11)17/h1-8H,16H2,(H,18,19,20). The van der Waals surface area contributed by atoms with Crippen LogP contribution in [-0.2, 0) is 10.4 Å². The quantitative estimate of drug-likeness (QED) is 0.557. The highest BCUT2D eigenvalue weighted by Gasteiger charge is 2.13. The zero-order valence-corrected chi connectivity index (χ0v) is 12.4. The van der Waals surface area contributed by atoms with Crippen LogP contribution in [0.2, 0.25) is 0 Å². The number of nitrogen functional groups attached to an aromatic ring is 1. The first-order valence-corrected chi connectivity index (χ1v) is 7.79.